The predicted molar refractivity (Wildman–Crippen MR) is 92.8 cm³/mol. The maximum atomic E-state index is 12.2. The molecule has 0 atom stereocenters. The van der Waals surface area contributed by atoms with Crippen molar-refractivity contribution in [1.29, 1.82) is 0 Å². The molecule has 116 valence electrons. The first-order chi connectivity index (χ1) is 10.4. The van der Waals surface area contributed by atoms with Gasteiger partial charge in [-0.25, -0.2) is 0 Å². The number of hydrogen-bond donors (Lipinski definition) is 1. The standard InChI is InChI=1S/C14H12BrNO4S2/c1-2-20-10-4-3-8(5-9(10)15)6-11-13(19)16(7-12(17)18)14(21)22-11/h3-6H,2,7H2,1H3,(H,17,18)/b11-6-. The molecule has 1 saturated heterocycles. The summed E-state index contributed by atoms with van der Waals surface area (Å²) < 4.78 is 6.46. The molecule has 0 aromatic heterocycles. The average Bonchev–Trinajstić information content (AvgIpc) is 2.69. The second kappa shape index (κ2) is 7.26. The van der Waals surface area contributed by atoms with Crippen molar-refractivity contribution in [3.63, 3.8) is 0 Å². The number of carboxylic acid groups (broad SMARTS) is 1. The molecule has 8 heteroatoms. The van der Waals surface area contributed by atoms with Crippen molar-refractivity contribution in [3.8, 4) is 5.75 Å². The number of thiocarbonyl (C=S) groups is 1. The van der Waals surface area contributed by atoms with E-state index in [0.29, 0.717) is 11.5 Å². The molecule has 0 saturated carbocycles. The molecule has 1 aliphatic heterocycles. The average molecular weight is 402 g/mol. The van der Waals surface area contributed by atoms with Crippen molar-refractivity contribution in [2.24, 2.45) is 0 Å². The van der Waals surface area contributed by atoms with Crippen LogP contribution in [0.15, 0.2) is 27.6 Å². The van der Waals surface area contributed by atoms with Gasteiger partial charge in [0, 0.05) is 0 Å². The summed E-state index contributed by atoms with van der Waals surface area (Å²) in [7, 11) is 0. The Morgan fingerprint density at radius 1 is 1.55 bits per heavy atom. The molecule has 1 fully saturated rings. The molecule has 1 aromatic rings. The zero-order chi connectivity index (χ0) is 16.3. The Labute approximate surface area is 145 Å². The molecule has 0 bridgehead atoms. The van der Waals surface area contributed by atoms with Gasteiger partial charge >= 0.3 is 5.97 Å². The van der Waals surface area contributed by atoms with E-state index >= 15 is 0 Å². The van der Waals surface area contributed by atoms with E-state index < -0.39 is 12.5 Å². The van der Waals surface area contributed by atoms with E-state index in [2.05, 4.69) is 15.9 Å². The molecular formula is C14H12BrNO4S2. The summed E-state index contributed by atoms with van der Waals surface area (Å²) in [5, 5.41) is 8.80. The lowest BCUT2D eigenvalue weighted by molar-refractivity contribution is -0.140. The number of benzene rings is 1. The van der Waals surface area contributed by atoms with Crippen LogP contribution < -0.4 is 4.74 Å². The Bertz CT molecular complexity index is 675. The Morgan fingerprint density at radius 2 is 2.27 bits per heavy atom. The van der Waals surface area contributed by atoms with Crippen LogP contribution in [0, 0.1) is 0 Å². The van der Waals surface area contributed by atoms with Crippen molar-refractivity contribution in [1.82, 2.24) is 4.90 Å². The molecule has 1 heterocycles. The third-order valence-corrected chi connectivity index (χ3v) is 4.72. The number of carboxylic acids is 1. The van der Waals surface area contributed by atoms with E-state index in [1.165, 1.54) is 0 Å². The minimum absolute atomic E-state index is 0.253. The lowest BCUT2D eigenvalue weighted by Gasteiger charge is -2.10. The Morgan fingerprint density at radius 3 is 2.86 bits per heavy atom. The van der Waals surface area contributed by atoms with Crippen molar-refractivity contribution < 1.29 is 19.4 Å². The van der Waals surface area contributed by atoms with Crippen LogP contribution in [-0.4, -0.2) is 39.4 Å². The van der Waals surface area contributed by atoms with Crippen LogP contribution in [0.3, 0.4) is 0 Å². The zero-order valence-corrected chi connectivity index (χ0v) is 14.8. The summed E-state index contributed by atoms with van der Waals surface area (Å²) in [6, 6.07) is 5.45. The molecular weight excluding hydrogens is 390 g/mol. The van der Waals surface area contributed by atoms with Crippen molar-refractivity contribution >= 4 is 62.2 Å². The Balaban J connectivity index is 2.23. The maximum absolute atomic E-state index is 12.2. The quantitative estimate of drug-likeness (QED) is 0.603. The lowest BCUT2D eigenvalue weighted by atomic mass is 10.2. The molecule has 2 rings (SSSR count). The SMILES string of the molecule is CCOc1ccc(/C=C2\SC(=S)N(CC(=O)O)C2=O)cc1Br. The summed E-state index contributed by atoms with van der Waals surface area (Å²) in [6.45, 7) is 2.04. The third-order valence-electron chi connectivity index (χ3n) is 2.72. The van der Waals surface area contributed by atoms with Gasteiger partial charge in [-0.15, -0.1) is 0 Å². The fourth-order valence-corrected chi connectivity index (χ4v) is 3.57. The van der Waals surface area contributed by atoms with Crippen LogP contribution in [0.25, 0.3) is 6.08 Å². The molecule has 1 aromatic carbocycles. The van der Waals surface area contributed by atoms with Crippen LogP contribution in [0.2, 0.25) is 0 Å². The smallest absolute Gasteiger partial charge is 0.323 e. The Kier molecular flexibility index (Phi) is 5.60. The highest BCUT2D eigenvalue weighted by Gasteiger charge is 2.33. The molecule has 0 aliphatic carbocycles. The minimum Gasteiger partial charge on any atom is -0.493 e. The molecule has 0 radical (unpaired) electrons. The van der Waals surface area contributed by atoms with Crippen LogP contribution in [0.1, 0.15) is 12.5 Å². The number of hydrogen-bond acceptors (Lipinski definition) is 5. The van der Waals surface area contributed by atoms with Gasteiger partial charge in [-0.05, 0) is 46.6 Å². The van der Waals surface area contributed by atoms with Gasteiger partial charge in [0.2, 0.25) is 0 Å². The number of ether oxygens (including phenoxy) is 1. The fourth-order valence-electron chi connectivity index (χ4n) is 1.80. The van der Waals surface area contributed by atoms with Crippen molar-refractivity contribution in [2.75, 3.05) is 13.2 Å². The zero-order valence-electron chi connectivity index (χ0n) is 11.5. The first-order valence-electron chi connectivity index (χ1n) is 6.32. The highest BCUT2D eigenvalue weighted by molar-refractivity contribution is 9.10. The van der Waals surface area contributed by atoms with E-state index in [1.54, 1.807) is 12.1 Å². The highest BCUT2D eigenvalue weighted by atomic mass is 79.9. The lowest BCUT2D eigenvalue weighted by Crippen LogP contribution is -2.33. The van der Waals surface area contributed by atoms with E-state index in [0.717, 1.165) is 32.4 Å². The third kappa shape index (κ3) is 3.88. The predicted octanol–water partition coefficient (Wildman–Crippen LogP) is 3.13. The first kappa shape index (κ1) is 17.0. The first-order valence-corrected chi connectivity index (χ1v) is 8.33. The van der Waals surface area contributed by atoms with E-state index in [9.17, 15) is 9.59 Å². The van der Waals surface area contributed by atoms with Gasteiger partial charge in [-0.2, -0.15) is 0 Å². The number of carbonyl (C=O) groups excluding carboxylic acids is 1. The van der Waals surface area contributed by atoms with E-state index in [1.807, 2.05) is 19.1 Å². The summed E-state index contributed by atoms with van der Waals surface area (Å²) >= 11 is 9.55. The fraction of sp³-hybridized carbons (Fsp3) is 0.214. The van der Waals surface area contributed by atoms with Gasteiger partial charge in [-0.3, -0.25) is 14.5 Å². The molecule has 1 aliphatic rings. The van der Waals surface area contributed by atoms with E-state index in [4.69, 9.17) is 22.1 Å². The number of aliphatic carboxylic acids is 1. The Hall–Kier alpha value is -1.38. The van der Waals surface area contributed by atoms with Gasteiger partial charge in [0.15, 0.2) is 0 Å². The van der Waals surface area contributed by atoms with E-state index in [-0.39, 0.29) is 10.2 Å². The van der Waals surface area contributed by atoms with Gasteiger partial charge in [0.25, 0.3) is 5.91 Å². The number of thioether (sulfide) groups is 1. The summed E-state index contributed by atoms with van der Waals surface area (Å²) in [4.78, 5) is 24.4. The van der Waals surface area contributed by atoms with Crippen LogP contribution in [-0.2, 0) is 9.59 Å². The summed E-state index contributed by atoms with van der Waals surface area (Å²) in [5.41, 5.74) is 0.797. The van der Waals surface area contributed by atoms with Crippen LogP contribution in [0.4, 0.5) is 0 Å². The number of nitrogens with zero attached hydrogens (tertiary/aromatic N) is 1. The van der Waals surface area contributed by atoms with Gasteiger partial charge in [0.05, 0.1) is 16.0 Å². The van der Waals surface area contributed by atoms with Crippen molar-refractivity contribution in [3.05, 3.63) is 33.1 Å². The minimum atomic E-state index is -1.10. The van der Waals surface area contributed by atoms with Gasteiger partial charge in [-0.1, -0.05) is 30.0 Å². The number of amides is 1. The van der Waals surface area contributed by atoms with Crippen molar-refractivity contribution in [2.45, 2.75) is 6.92 Å². The molecule has 22 heavy (non-hydrogen) atoms. The number of halogens is 1. The highest BCUT2D eigenvalue weighted by Crippen LogP contribution is 2.33. The second-order valence-electron chi connectivity index (χ2n) is 4.28. The molecule has 0 unspecified atom stereocenters. The van der Waals surface area contributed by atoms with Crippen LogP contribution in [0.5, 0.6) is 5.75 Å². The summed E-state index contributed by atoms with van der Waals surface area (Å²) in [5.74, 6) is -0.762. The molecule has 1 amide bonds. The second-order valence-corrected chi connectivity index (χ2v) is 6.81. The monoisotopic (exact) mass is 401 g/mol. The number of rotatable bonds is 5. The van der Waals surface area contributed by atoms with Crippen LogP contribution >= 0.6 is 39.9 Å². The molecule has 5 nitrogen and oxygen atoms in total. The molecule has 0 spiro atoms. The van der Waals surface area contributed by atoms with Gasteiger partial charge in [0.1, 0.15) is 16.6 Å². The molecule has 1 N–H and O–H groups in total. The maximum Gasteiger partial charge on any atom is 0.323 e. The number of carbonyl (C=O) groups is 2. The normalized spacial score (nSPS) is 16.5. The van der Waals surface area contributed by atoms with Gasteiger partial charge < -0.3 is 9.84 Å². The topological polar surface area (TPSA) is 66.8 Å². The largest absolute Gasteiger partial charge is 0.493 e. The summed E-state index contributed by atoms with van der Waals surface area (Å²) in [6.07, 6.45) is 1.68.